The highest BCUT2D eigenvalue weighted by atomic mass is 31.0. The van der Waals surface area contributed by atoms with E-state index in [0.29, 0.717) is 41.5 Å². The molecule has 1 amide bonds. The fourth-order valence-corrected chi connectivity index (χ4v) is 4.88. The number of ether oxygens (including phenoxy) is 2. The molecule has 2 unspecified atom stereocenters. The molecule has 0 bridgehead atoms. The highest BCUT2D eigenvalue weighted by molar-refractivity contribution is 7.27. The van der Waals surface area contributed by atoms with Gasteiger partial charge < -0.3 is 25.2 Å². The number of carbonyl (C=O) groups excluding carboxylic acids is 1. The van der Waals surface area contributed by atoms with E-state index >= 15 is 0 Å². The Labute approximate surface area is 233 Å². The molecule has 0 aromatic carbocycles. The number of carboxylic acids is 1. The summed E-state index contributed by atoms with van der Waals surface area (Å²) in [5.74, 6) is -1.66. The zero-order valence-electron chi connectivity index (χ0n) is 23.3. The van der Waals surface area contributed by atoms with E-state index in [-0.39, 0.29) is 12.0 Å². The average Bonchev–Trinajstić information content (AvgIpc) is 2.90. The first-order chi connectivity index (χ1) is 18.5. The molecule has 2 rings (SSSR count). The van der Waals surface area contributed by atoms with Crippen LogP contribution in [-0.2, 0) is 19.1 Å². The number of carboxylic acid groups (broad SMARTS) is 1. The molecule has 39 heavy (non-hydrogen) atoms. The molecule has 0 aliphatic heterocycles. The van der Waals surface area contributed by atoms with Crippen molar-refractivity contribution in [2.24, 2.45) is 11.8 Å². The maximum absolute atomic E-state index is 12.9. The monoisotopic (exact) mass is 553 g/mol. The van der Waals surface area contributed by atoms with Crippen molar-refractivity contribution >= 4 is 26.6 Å². The lowest BCUT2D eigenvalue weighted by Gasteiger charge is -2.27. The average molecular weight is 554 g/mol. The summed E-state index contributed by atoms with van der Waals surface area (Å²) in [4.78, 5) is 28.8. The summed E-state index contributed by atoms with van der Waals surface area (Å²) in [5.41, 5.74) is 4.19. The third kappa shape index (κ3) is 8.96. The molecular weight excluding hydrogens is 513 g/mol. The van der Waals surface area contributed by atoms with Crippen molar-refractivity contribution in [3.63, 3.8) is 0 Å². The Morgan fingerprint density at radius 3 is 2.41 bits per heavy atom. The maximum atomic E-state index is 12.9. The van der Waals surface area contributed by atoms with Crippen LogP contribution in [0.1, 0.15) is 58.1 Å². The van der Waals surface area contributed by atoms with Gasteiger partial charge in [-0.2, -0.15) is 0 Å². The van der Waals surface area contributed by atoms with Crippen molar-refractivity contribution in [3.8, 4) is 0 Å². The second-order valence-corrected chi connectivity index (χ2v) is 10.0. The SMILES string of the molecule is C=C\C(=C/C=C(C)/C(OC)=C(\NC(=C)OC(C)c1cccnc1P)C(=C)C)NC(=O)[C@H]1CCCC[C@@H]1C(=O)O. The molecule has 0 spiro atoms. The molecule has 8 nitrogen and oxygen atoms in total. The maximum Gasteiger partial charge on any atom is 0.307 e. The van der Waals surface area contributed by atoms with Gasteiger partial charge in [0, 0.05) is 17.5 Å². The fraction of sp³-hybridized carbons (Fsp3) is 0.367. The van der Waals surface area contributed by atoms with Crippen molar-refractivity contribution in [2.75, 3.05) is 7.11 Å². The lowest BCUT2D eigenvalue weighted by molar-refractivity contribution is -0.148. The van der Waals surface area contributed by atoms with Crippen molar-refractivity contribution < 1.29 is 24.2 Å². The summed E-state index contributed by atoms with van der Waals surface area (Å²) in [6, 6.07) is 3.79. The minimum Gasteiger partial charge on any atom is -0.494 e. The first-order valence-corrected chi connectivity index (χ1v) is 13.4. The molecule has 4 atom stereocenters. The molecule has 1 aromatic rings. The quantitative estimate of drug-likeness (QED) is 0.175. The van der Waals surface area contributed by atoms with Crippen LogP contribution in [0.3, 0.4) is 0 Å². The number of methoxy groups -OCH3 is 1. The predicted octanol–water partition coefficient (Wildman–Crippen LogP) is 5.18. The number of carbonyl (C=O) groups is 2. The van der Waals surface area contributed by atoms with E-state index in [2.05, 4.69) is 44.6 Å². The van der Waals surface area contributed by atoms with E-state index in [9.17, 15) is 14.7 Å². The van der Waals surface area contributed by atoms with E-state index in [1.54, 1.807) is 25.5 Å². The van der Waals surface area contributed by atoms with Crippen LogP contribution < -0.4 is 16.1 Å². The molecule has 1 aliphatic rings. The number of aliphatic carboxylic acids is 1. The van der Waals surface area contributed by atoms with Gasteiger partial charge in [0.1, 0.15) is 11.9 Å². The largest absolute Gasteiger partial charge is 0.494 e. The zero-order chi connectivity index (χ0) is 29.1. The van der Waals surface area contributed by atoms with Gasteiger partial charge in [-0.25, -0.2) is 0 Å². The number of nitrogens with zero attached hydrogens (tertiary/aromatic N) is 1. The first kappa shape index (κ1) is 31.6. The number of pyridine rings is 1. The van der Waals surface area contributed by atoms with Crippen LogP contribution in [0.2, 0.25) is 0 Å². The van der Waals surface area contributed by atoms with E-state index in [1.807, 2.05) is 32.9 Å². The Morgan fingerprint density at radius 1 is 1.18 bits per heavy atom. The highest BCUT2D eigenvalue weighted by Crippen LogP contribution is 2.30. The molecule has 0 saturated heterocycles. The van der Waals surface area contributed by atoms with E-state index in [0.717, 1.165) is 29.4 Å². The Bertz CT molecular complexity index is 1200. The van der Waals surface area contributed by atoms with Crippen molar-refractivity contribution in [1.82, 2.24) is 15.6 Å². The minimum atomic E-state index is -0.932. The van der Waals surface area contributed by atoms with Crippen LogP contribution in [-0.4, -0.2) is 29.1 Å². The third-order valence-corrected chi connectivity index (χ3v) is 7.01. The second-order valence-electron chi connectivity index (χ2n) is 9.48. The van der Waals surface area contributed by atoms with Gasteiger partial charge in [-0.15, -0.1) is 0 Å². The molecule has 0 radical (unpaired) electrons. The summed E-state index contributed by atoms with van der Waals surface area (Å²) < 4.78 is 11.7. The Kier molecular flexibility index (Phi) is 12.2. The third-order valence-electron chi connectivity index (χ3n) is 6.53. The molecule has 9 heteroatoms. The smallest absolute Gasteiger partial charge is 0.307 e. The zero-order valence-corrected chi connectivity index (χ0v) is 24.4. The van der Waals surface area contributed by atoms with Crippen LogP contribution in [0.25, 0.3) is 0 Å². The van der Waals surface area contributed by atoms with Crippen molar-refractivity contribution in [3.05, 3.63) is 96.0 Å². The Hall–Kier alpha value is -3.64. The van der Waals surface area contributed by atoms with Crippen molar-refractivity contribution in [1.29, 1.82) is 0 Å². The Balaban J connectivity index is 2.22. The normalized spacial score (nSPS) is 19.2. The Morgan fingerprint density at radius 2 is 1.85 bits per heavy atom. The van der Waals surface area contributed by atoms with Crippen LogP contribution in [0.15, 0.2) is 90.5 Å². The molecule has 1 aliphatic carbocycles. The number of rotatable bonds is 13. The summed E-state index contributed by atoms with van der Waals surface area (Å²) in [5, 5.41) is 15.5. The summed E-state index contributed by atoms with van der Waals surface area (Å²) in [6.45, 7) is 17.4. The van der Waals surface area contributed by atoms with E-state index in [4.69, 9.17) is 9.47 Å². The van der Waals surface area contributed by atoms with Gasteiger partial charge in [-0.3, -0.25) is 14.6 Å². The van der Waals surface area contributed by atoms with Crippen LogP contribution in [0.4, 0.5) is 0 Å². The topological polar surface area (TPSA) is 110 Å². The number of aromatic nitrogens is 1. The summed E-state index contributed by atoms with van der Waals surface area (Å²) in [7, 11) is 4.15. The fourth-order valence-electron chi connectivity index (χ4n) is 4.46. The van der Waals surface area contributed by atoms with Gasteiger partial charge in [-0.05, 0) is 69.6 Å². The number of amides is 1. The summed E-state index contributed by atoms with van der Waals surface area (Å²) in [6.07, 6.45) is 9.12. The molecule has 1 aromatic heterocycles. The van der Waals surface area contributed by atoms with Gasteiger partial charge >= 0.3 is 5.97 Å². The molecule has 1 heterocycles. The number of allylic oxidation sites excluding steroid dienone is 5. The van der Waals surface area contributed by atoms with Crippen LogP contribution in [0, 0.1) is 11.8 Å². The number of nitrogens with one attached hydrogen (secondary N) is 2. The van der Waals surface area contributed by atoms with E-state index < -0.39 is 17.8 Å². The molecule has 210 valence electrons. The standard InChI is InChI=1S/C30H40N3O5P/c1-8-22(33-28(34)24-12-9-10-13-25(24)30(35)36)16-15-19(4)27(37-7)26(18(2)3)32-21(6)38-20(5)23-14-11-17-31-29(23)39/h8,11,14-17,20,24-25,32H,1-2,6,9-10,12-13,39H2,3-5,7H3,(H,33,34)(H,35,36)/b19-15+,22-16+,27-26+/t20?,24-,25-/m0/s1. The predicted molar refractivity (Wildman–Crippen MR) is 157 cm³/mol. The van der Waals surface area contributed by atoms with Gasteiger partial charge in [0.15, 0.2) is 5.88 Å². The van der Waals surface area contributed by atoms with Gasteiger partial charge in [-0.1, -0.05) is 47.4 Å². The lowest BCUT2D eigenvalue weighted by Crippen LogP contribution is -2.39. The van der Waals surface area contributed by atoms with E-state index in [1.165, 1.54) is 6.08 Å². The van der Waals surface area contributed by atoms with Gasteiger partial charge in [0.2, 0.25) is 5.91 Å². The second kappa shape index (κ2) is 15.1. The van der Waals surface area contributed by atoms with Crippen LogP contribution >= 0.6 is 9.24 Å². The lowest BCUT2D eigenvalue weighted by atomic mass is 9.78. The number of hydrogen-bond acceptors (Lipinski definition) is 6. The molecular formula is C30H40N3O5P. The number of hydrogen-bond donors (Lipinski definition) is 3. The summed E-state index contributed by atoms with van der Waals surface area (Å²) >= 11 is 0. The van der Waals surface area contributed by atoms with Crippen LogP contribution in [0.5, 0.6) is 0 Å². The molecule has 3 N–H and O–H groups in total. The van der Waals surface area contributed by atoms with Crippen molar-refractivity contribution in [2.45, 2.75) is 52.6 Å². The minimum absolute atomic E-state index is 0.299. The molecule has 1 fully saturated rings. The molecule has 1 saturated carbocycles. The first-order valence-electron chi connectivity index (χ1n) is 12.8. The highest BCUT2D eigenvalue weighted by Gasteiger charge is 2.35. The van der Waals surface area contributed by atoms with Gasteiger partial charge in [0.25, 0.3) is 0 Å². The van der Waals surface area contributed by atoms with Gasteiger partial charge in [0.05, 0.1) is 30.1 Å².